The molecular weight excluding hydrogens is 401 g/mol. The fraction of sp³-hybridized carbons (Fsp3) is 0.381. The Morgan fingerprint density at radius 2 is 1.93 bits per heavy atom. The third-order valence-corrected chi connectivity index (χ3v) is 4.40. The number of carbonyl (C=O) groups is 2. The van der Waals surface area contributed by atoms with E-state index in [1.165, 1.54) is 24.3 Å². The molecule has 1 heterocycles. The topological polar surface area (TPSA) is 88.5 Å². The van der Waals surface area contributed by atoms with E-state index in [1.54, 1.807) is 6.92 Å². The van der Waals surface area contributed by atoms with Crippen molar-refractivity contribution in [2.24, 2.45) is 0 Å². The van der Waals surface area contributed by atoms with Gasteiger partial charge in [0.25, 0.3) is 0 Å². The third kappa shape index (κ3) is 6.75. The highest BCUT2D eigenvalue weighted by molar-refractivity contribution is 5.93. The van der Waals surface area contributed by atoms with Gasteiger partial charge in [-0.2, -0.15) is 13.2 Å². The van der Waals surface area contributed by atoms with Gasteiger partial charge in [0, 0.05) is 24.4 Å². The van der Waals surface area contributed by atoms with E-state index in [0.29, 0.717) is 30.3 Å². The highest BCUT2D eigenvalue weighted by Crippen LogP contribution is 2.29. The summed E-state index contributed by atoms with van der Waals surface area (Å²) >= 11 is 0. The SMILES string of the molecule is CCC[C@@H](CCC(=O)Nc1ccc(C(=O)O)cc1C)Oc1ccc(C(F)(F)F)cn1. The first kappa shape index (κ1) is 23.2. The lowest BCUT2D eigenvalue weighted by Crippen LogP contribution is -2.21. The summed E-state index contributed by atoms with van der Waals surface area (Å²) < 4.78 is 43.5. The molecule has 6 nitrogen and oxygen atoms in total. The number of ether oxygens (including phenoxy) is 1. The summed E-state index contributed by atoms with van der Waals surface area (Å²) in [5.74, 6) is -1.25. The van der Waals surface area contributed by atoms with E-state index in [2.05, 4.69) is 10.3 Å². The lowest BCUT2D eigenvalue weighted by Gasteiger charge is -2.18. The van der Waals surface area contributed by atoms with Crippen molar-refractivity contribution in [2.45, 2.75) is 51.8 Å². The molecule has 0 fully saturated rings. The largest absolute Gasteiger partial charge is 0.478 e. The van der Waals surface area contributed by atoms with Crippen molar-refractivity contribution in [3.8, 4) is 5.88 Å². The van der Waals surface area contributed by atoms with Crippen LogP contribution in [0.2, 0.25) is 0 Å². The molecule has 0 bridgehead atoms. The first-order valence-corrected chi connectivity index (χ1v) is 9.43. The summed E-state index contributed by atoms with van der Waals surface area (Å²) in [7, 11) is 0. The summed E-state index contributed by atoms with van der Waals surface area (Å²) in [6, 6.07) is 6.48. The van der Waals surface area contributed by atoms with Gasteiger partial charge in [0.1, 0.15) is 6.10 Å². The van der Waals surface area contributed by atoms with Gasteiger partial charge in [-0.15, -0.1) is 0 Å². The Morgan fingerprint density at radius 1 is 1.20 bits per heavy atom. The number of benzene rings is 1. The van der Waals surface area contributed by atoms with Gasteiger partial charge >= 0.3 is 12.1 Å². The smallest absolute Gasteiger partial charge is 0.417 e. The number of pyridine rings is 1. The second-order valence-corrected chi connectivity index (χ2v) is 6.83. The van der Waals surface area contributed by atoms with Crippen molar-refractivity contribution in [1.29, 1.82) is 0 Å². The van der Waals surface area contributed by atoms with E-state index in [-0.39, 0.29) is 29.9 Å². The normalized spacial score (nSPS) is 12.3. The molecule has 1 amide bonds. The van der Waals surface area contributed by atoms with E-state index >= 15 is 0 Å². The monoisotopic (exact) mass is 424 g/mol. The van der Waals surface area contributed by atoms with Gasteiger partial charge in [0.15, 0.2) is 0 Å². The molecule has 0 saturated carbocycles. The van der Waals surface area contributed by atoms with Gasteiger partial charge in [0.05, 0.1) is 11.1 Å². The summed E-state index contributed by atoms with van der Waals surface area (Å²) in [6.45, 7) is 3.63. The van der Waals surface area contributed by atoms with E-state index in [1.807, 2.05) is 6.92 Å². The minimum Gasteiger partial charge on any atom is -0.478 e. The Kier molecular flexibility index (Phi) is 7.79. The molecule has 0 radical (unpaired) electrons. The van der Waals surface area contributed by atoms with Crippen LogP contribution in [0.4, 0.5) is 18.9 Å². The number of rotatable bonds is 9. The molecule has 1 atom stereocenters. The number of alkyl halides is 3. The summed E-state index contributed by atoms with van der Waals surface area (Å²) in [4.78, 5) is 27.0. The Hall–Kier alpha value is -3.10. The number of carboxylic acids is 1. The second-order valence-electron chi connectivity index (χ2n) is 6.83. The number of aromatic nitrogens is 1. The molecule has 162 valence electrons. The number of anilines is 1. The zero-order valence-electron chi connectivity index (χ0n) is 16.6. The van der Waals surface area contributed by atoms with Gasteiger partial charge in [-0.3, -0.25) is 4.79 Å². The molecule has 0 saturated heterocycles. The van der Waals surface area contributed by atoms with Crippen LogP contribution >= 0.6 is 0 Å². The Morgan fingerprint density at radius 3 is 2.47 bits per heavy atom. The zero-order chi connectivity index (χ0) is 22.3. The van der Waals surface area contributed by atoms with Crippen LogP contribution < -0.4 is 10.1 Å². The number of nitrogens with zero attached hydrogens (tertiary/aromatic N) is 1. The lowest BCUT2D eigenvalue weighted by molar-refractivity contribution is -0.137. The summed E-state index contributed by atoms with van der Waals surface area (Å²) in [6.07, 6.45) is -2.26. The van der Waals surface area contributed by atoms with E-state index in [4.69, 9.17) is 9.84 Å². The molecule has 0 unspecified atom stereocenters. The first-order valence-electron chi connectivity index (χ1n) is 9.43. The fourth-order valence-corrected chi connectivity index (χ4v) is 2.81. The predicted octanol–water partition coefficient (Wildman–Crippen LogP) is 5.07. The van der Waals surface area contributed by atoms with Gasteiger partial charge < -0.3 is 15.2 Å². The van der Waals surface area contributed by atoms with Crippen molar-refractivity contribution in [3.05, 3.63) is 53.2 Å². The molecule has 2 N–H and O–H groups in total. The molecule has 30 heavy (non-hydrogen) atoms. The molecule has 1 aromatic heterocycles. The number of aryl methyl sites for hydroxylation is 1. The van der Waals surface area contributed by atoms with Crippen molar-refractivity contribution < 1.29 is 32.6 Å². The molecule has 2 aromatic rings. The standard InChI is InChI=1S/C21H23F3N2O4/c1-3-4-16(30-19-10-6-15(12-25-19)21(22,23)24)7-9-18(27)26-17-8-5-14(20(28)29)11-13(17)2/h5-6,8,10-12,16H,3-4,7,9H2,1-2H3,(H,26,27)(H,28,29)/t16-/m0/s1. The predicted molar refractivity (Wildman–Crippen MR) is 105 cm³/mol. The molecule has 0 aliphatic rings. The molecule has 0 spiro atoms. The molecule has 1 aromatic carbocycles. The van der Waals surface area contributed by atoms with Crippen molar-refractivity contribution in [1.82, 2.24) is 4.98 Å². The van der Waals surface area contributed by atoms with Crippen LogP contribution in [-0.4, -0.2) is 28.1 Å². The van der Waals surface area contributed by atoms with Crippen molar-refractivity contribution in [3.63, 3.8) is 0 Å². The average molecular weight is 424 g/mol. The maximum absolute atomic E-state index is 12.6. The van der Waals surface area contributed by atoms with Gasteiger partial charge in [-0.25, -0.2) is 9.78 Å². The van der Waals surface area contributed by atoms with Crippen LogP contribution in [0.1, 0.15) is 54.1 Å². The average Bonchev–Trinajstić information content (AvgIpc) is 2.67. The zero-order valence-corrected chi connectivity index (χ0v) is 16.6. The minimum atomic E-state index is -4.47. The van der Waals surface area contributed by atoms with Crippen LogP contribution in [0.5, 0.6) is 5.88 Å². The highest BCUT2D eigenvalue weighted by atomic mass is 19.4. The molecular formula is C21H23F3N2O4. The van der Waals surface area contributed by atoms with Gasteiger partial charge in [-0.1, -0.05) is 13.3 Å². The van der Waals surface area contributed by atoms with Crippen LogP contribution in [0, 0.1) is 6.92 Å². The van der Waals surface area contributed by atoms with E-state index < -0.39 is 17.7 Å². The number of halogens is 3. The second kappa shape index (κ2) is 10.1. The highest BCUT2D eigenvalue weighted by Gasteiger charge is 2.30. The van der Waals surface area contributed by atoms with Crippen LogP contribution in [0.25, 0.3) is 0 Å². The van der Waals surface area contributed by atoms with Gasteiger partial charge in [0.2, 0.25) is 11.8 Å². The maximum Gasteiger partial charge on any atom is 0.417 e. The number of amides is 1. The number of carbonyl (C=O) groups excluding carboxylic acids is 1. The number of aromatic carboxylic acids is 1. The van der Waals surface area contributed by atoms with Gasteiger partial charge in [-0.05, 0) is 49.6 Å². The number of nitrogens with one attached hydrogen (secondary N) is 1. The number of carboxylic acid groups (broad SMARTS) is 1. The Balaban J connectivity index is 1.94. The van der Waals surface area contributed by atoms with Crippen molar-refractivity contribution in [2.75, 3.05) is 5.32 Å². The van der Waals surface area contributed by atoms with E-state index in [9.17, 15) is 22.8 Å². The van der Waals surface area contributed by atoms with E-state index in [0.717, 1.165) is 12.5 Å². The fourth-order valence-electron chi connectivity index (χ4n) is 2.81. The van der Waals surface area contributed by atoms with Crippen LogP contribution in [0.15, 0.2) is 36.5 Å². The van der Waals surface area contributed by atoms with Crippen LogP contribution in [0.3, 0.4) is 0 Å². The van der Waals surface area contributed by atoms with Crippen LogP contribution in [-0.2, 0) is 11.0 Å². The molecule has 0 aliphatic heterocycles. The summed E-state index contributed by atoms with van der Waals surface area (Å²) in [5.41, 5.74) is 0.414. The Labute approximate surface area is 172 Å². The first-order chi connectivity index (χ1) is 14.1. The summed E-state index contributed by atoms with van der Waals surface area (Å²) in [5, 5.41) is 11.7. The lowest BCUT2D eigenvalue weighted by atomic mass is 10.1. The molecule has 0 aliphatic carbocycles. The molecule has 2 rings (SSSR count). The van der Waals surface area contributed by atoms with Crippen molar-refractivity contribution >= 4 is 17.6 Å². The maximum atomic E-state index is 12.6. The molecule has 9 heteroatoms. The Bertz CT molecular complexity index is 883. The minimum absolute atomic E-state index is 0.0713. The third-order valence-electron chi connectivity index (χ3n) is 4.40. The quantitative estimate of drug-likeness (QED) is 0.587. The number of hydrogen-bond donors (Lipinski definition) is 2. The number of hydrogen-bond acceptors (Lipinski definition) is 4.